The normalized spacial score (nSPS) is 19.4. The topological polar surface area (TPSA) is 71.2 Å². The van der Waals surface area contributed by atoms with Gasteiger partial charge in [-0.1, -0.05) is 28.2 Å². The molecule has 22 heavy (non-hydrogen) atoms. The lowest BCUT2D eigenvalue weighted by atomic mass is 10.2. The second-order valence-corrected chi connectivity index (χ2v) is 6.90. The minimum atomic E-state index is 0.481. The van der Waals surface area contributed by atoms with Crippen molar-refractivity contribution in [1.29, 1.82) is 0 Å². The minimum absolute atomic E-state index is 0.481. The fourth-order valence-electron chi connectivity index (χ4n) is 2.67. The standard InChI is InChI=1S/C13H19ClN6OS/c1-3-12-15-11(17-21-12)8-19(2)9-4-5-20(6-9)7-10-13(14)22-18-16-10/h9H,3-8H2,1-2H3/t9-/m0/s1. The van der Waals surface area contributed by atoms with Crippen molar-refractivity contribution in [3.05, 3.63) is 21.7 Å². The highest BCUT2D eigenvalue weighted by molar-refractivity contribution is 7.10. The van der Waals surface area contributed by atoms with Crippen LogP contribution in [0.25, 0.3) is 0 Å². The molecule has 1 atom stereocenters. The molecule has 2 aromatic rings. The molecule has 0 radical (unpaired) electrons. The lowest BCUT2D eigenvalue weighted by molar-refractivity contribution is 0.215. The van der Waals surface area contributed by atoms with Crippen molar-refractivity contribution >= 4 is 23.1 Å². The van der Waals surface area contributed by atoms with Crippen LogP contribution in [0.3, 0.4) is 0 Å². The Balaban J connectivity index is 1.52. The number of likely N-dealkylation sites (N-methyl/N-ethyl adjacent to an activating group) is 1. The van der Waals surface area contributed by atoms with Gasteiger partial charge in [0.1, 0.15) is 10.0 Å². The zero-order valence-corrected chi connectivity index (χ0v) is 14.3. The number of hydrogen-bond donors (Lipinski definition) is 0. The molecule has 1 aliphatic heterocycles. The third-order valence-corrected chi connectivity index (χ3v) is 4.94. The summed E-state index contributed by atoms with van der Waals surface area (Å²) < 4.78 is 9.73. The van der Waals surface area contributed by atoms with Gasteiger partial charge in [0.05, 0.1) is 6.54 Å². The highest BCUT2D eigenvalue weighted by Crippen LogP contribution is 2.22. The number of halogens is 1. The third-order valence-electron chi connectivity index (χ3n) is 3.96. The Morgan fingerprint density at radius 3 is 3.05 bits per heavy atom. The number of likely N-dealkylation sites (tertiary alicyclic amines) is 1. The summed E-state index contributed by atoms with van der Waals surface area (Å²) in [7, 11) is 2.10. The molecule has 0 unspecified atom stereocenters. The van der Waals surface area contributed by atoms with Crippen molar-refractivity contribution in [1.82, 2.24) is 29.5 Å². The average Bonchev–Trinajstić information content (AvgIpc) is 3.22. The molecule has 3 rings (SSSR count). The quantitative estimate of drug-likeness (QED) is 0.793. The van der Waals surface area contributed by atoms with Crippen molar-refractivity contribution in [3.63, 3.8) is 0 Å². The minimum Gasteiger partial charge on any atom is -0.339 e. The molecule has 1 saturated heterocycles. The Morgan fingerprint density at radius 2 is 2.36 bits per heavy atom. The molecule has 3 heterocycles. The number of rotatable bonds is 6. The van der Waals surface area contributed by atoms with Crippen molar-refractivity contribution < 1.29 is 4.52 Å². The van der Waals surface area contributed by atoms with E-state index in [-0.39, 0.29) is 0 Å². The molecule has 1 aliphatic rings. The van der Waals surface area contributed by atoms with Crippen LogP contribution in [-0.2, 0) is 19.5 Å². The van der Waals surface area contributed by atoms with E-state index in [9.17, 15) is 0 Å². The molecule has 0 N–H and O–H groups in total. The van der Waals surface area contributed by atoms with Gasteiger partial charge in [0.2, 0.25) is 5.89 Å². The molecule has 0 saturated carbocycles. The van der Waals surface area contributed by atoms with Crippen LogP contribution in [0.5, 0.6) is 0 Å². The molecule has 7 nitrogen and oxygen atoms in total. The number of hydrogen-bond acceptors (Lipinski definition) is 8. The van der Waals surface area contributed by atoms with Gasteiger partial charge in [0, 0.05) is 43.6 Å². The predicted octanol–water partition coefficient (Wildman–Crippen LogP) is 1.84. The van der Waals surface area contributed by atoms with Crippen LogP contribution in [0.2, 0.25) is 4.34 Å². The maximum atomic E-state index is 6.07. The van der Waals surface area contributed by atoms with E-state index in [1.54, 1.807) is 0 Å². The van der Waals surface area contributed by atoms with Gasteiger partial charge in [-0.15, -0.1) is 5.10 Å². The molecule has 120 valence electrons. The largest absolute Gasteiger partial charge is 0.339 e. The fraction of sp³-hybridized carbons (Fsp3) is 0.692. The molecule has 0 bridgehead atoms. The van der Waals surface area contributed by atoms with E-state index in [1.807, 2.05) is 6.92 Å². The first kappa shape index (κ1) is 15.8. The van der Waals surface area contributed by atoms with Gasteiger partial charge in [0.25, 0.3) is 0 Å². The number of aromatic nitrogens is 4. The monoisotopic (exact) mass is 342 g/mol. The molecule has 9 heteroatoms. The third kappa shape index (κ3) is 3.62. The summed E-state index contributed by atoms with van der Waals surface area (Å²) in [5.41, 5.74) is 0.876. The van der Waals surface area contributed by atoms with Crippen molar-refractivity contribution in [2.75, 3.05) is 20.1 Å². The van der Waals surface area contributed by atoms with Gasteiger partial charge in [-0.25, -0.2) is 0 Å². The lowest BCUT2D eigenvalue weighted by Gasteiger charge is -2.23. The number of aryl methyl sites for hydroxylation is 1. The Kier molecular flexibility index (Phi) is 5.02. The Hall–Kier alpha value is -1.09. The number of nitrogens with zero attached hydrogens (tertiary/aromatic N) is 6. The van der Waals surface area contributed by atoms with E-state index in [0.29, 0.717) is 22.8 Å². The summed E-state index contributed by atoms with van der Waals surface area (Å²) in [5, 5.41) is 8.09. The van der Waals surface area contributed by atoms with Gasteiger partial charge in [-0.3, -0.25) is 9.80 Å². The van der Waals surface area contributed by atoms with Crippen LogP contribution < -0.4 is 0 Å². The molecule has 0 amide bonds. The van der Waals surface area contributed by atoms with Crippen LogP contribution in [0, 0.1) is 0 Å². The van der Waals surface area contributed by atoms with Crippen LogP contribution in [0.4, 0.5) is 0 Å². The second kappa shape index (κ2) is 6.99. The van der Waals surface area contributed by atoms with Gasteiger partial charge >= 0.3 is 0 Å². The van der Waals surface area contributed by atoms with Crippen molar-refractivity contribution in [3.8, 4) is 0 Å². The molecule has 0 spiro atoms. The Morgan fingerprint density at radius 1 is 1.50 bits per heavy atom. The summed E-state index contributed by atoms with van der Waals surface area (Å²) in [6.45, 7) is 5.51. The summed E-state index contributed by atoms with van der Waals surface area (Å²) in [5.74, 6) is 1.45. The van der Waals surface area contributed by atoms with E-state index in [1.165, 1.54) is 11.5 Å². The first-order chi connectivity index (χ1) is 10.7. The van der Waals surface area contributed by atoms with Gasteiger partial charge in [-0.2, -0.15) is 4.98 Å². The second-order valence-electron chi connectivity index (χ2n) is 5.54. The molecule has 1 fully saturated rings. The smallest absolute Gasteiger partial charge is 0.226 e. The summed E-state index contributed by atoms with van der Waals surface area (Å²) >= 11 is 7.31. The highest BCUT2D eigenvalue weighted by atomic mass is 35.5. The SMILES string of the molecule is CCc1nc(CN(C)[C@H]2CCN(Cc3nnsc3Cl)C2)no1. The van der Waals surface area contributed by atoms with E-state index in [4.69, 9.17) is 16.1 Å². The predicted molar refractivity (Wildman–Crippen MR) is 83.7 cm³/mol. The average molecular weight is 343 g/mol. The summed E-state index contributed by atoms with van der Waals surface area (Å²) in [6, 6.07) is 0.481. The van der Waals surface area contributed by atoms with Crippen LogP contribution >= 0.6 is 23.1 Å². The Bertz CT molecular complexity index is 617. The zero-order valence-electron chi connectivity index (χ0n) is 12.7. The molecule has 2 aromatic heterocycles. The van der Waals surface area contributed by atoms with E-state index in [0.717, 1.165) is 44.0 Å². The van der Waals surface area contributed by atoms with Crippen LogP contribution in [0.15, 0.2) is 4.52 Å². The van der Waals surface area contributed by atoms with Crippen LogP contribution in [0.1, 0.15) is 30.8 Å². The van der Waals surface area contributed by atoms with E-state index >= 15 is 0 Å². The van der Waals surface area contributed by atoms with E-state index in [2.05, 4.69) is 36.6 Å². The van der Waals surface area contributed by atoms with Crippen molar-refractivity contribution in [2.24, 2.45) is 0 Å². The molecular formula is C13H19ClN6OS. The fourth-order valence-corrected chi connectivity index (χ4v) is 3.28. The highest BCUT2D eigenvalue weighted by Gasteiger charge is 2.27. The summed E-state index contributed by atoms with van der Waals surface area (Å²) in [4.78, 5) is 9.01. The molecular weight excluding hydrogens is 324 g/mol. The van der Waals surface area contributed by atoms with Crippen molar-refractivity contribution in [2.45, 2.75) is 38.9 Å². The zero-order chi connectivity index (χ0) is 15.5. The molecule has 0 aliphatic carbocycles. The molecule has 0 aromatic carbocycles. The van der Waals surface area contributed by atoms with Gasteiger partial charge < -0.3 is 4.52 Å². The van der Waals surface area contributed by atoms with Gasteiger partial charge in [0.15, 0.2) is 5.82 Å². The van der Waals surface area contributed by atoms with Crippen LogP contribution in [-0.4, -0.2) is 55.7 Å². The first-order valence-corrected chi connectivity index (χ1v) is 8.51. The van der Waals surface area contributed by atoms with E-state index < -0.39 is 0 Å². The lowest BCUT2D eigenvalue weighted by Crippen LogP contribution is -2.34. The summed E-state index contributed by atoms with van der Waals surface area (Å²) in [6.07, 6.45) is 1.89. The Labute approximate surface area is 138 Å². The maximum Gasteiger partial charge on any atom is 0.226 e. The first-order valence-electron chi connectivity index (χ1n) is 7.36. The maximum absolute atomic E-state index is 6.07. The van der Waals surface area contributed by atoms with Gasteiger partial charge in [-0.05, 0) is 13.5 Å².